The van der Waals surface area contributed by atoms with Crippen LogP contribution in [0.25, 0.3) is 10.9 Å². The quantitative estimate of drug-likeness (QED) is 0.393. The van der Waals surface area contributed by atoms with Gasteiger partial charge in [-0.1, -0.05) is 60.6 Å². The first-order chi connectivity index (χ1) is 15.0. The maximum atomic E-state index is 12.8. The molecule has 0 saturated heterocycles. The van der Waals surface area contributed by atoms with Crippen molar-refractivity contribution in [1.29, 1.82) is 0 Å². The largest absolute Gasteiger partial charge is 0.334 e. The molecule has 7 nitrogen and oxygen atoms in total. The third-order valence-corrected chi connectivity index (χ3v) is 5.65. The number of hydrogen-bond donors (Lipinski definition) is 2. The molecule has 0 fully saturated rings. The van der Waals surface area contributed by atoms with Crippen LogP contribution in [-0.4, -0.2) is 27.2 Å². The lowest BCUT2D eigenvalue weighted by Crippen LogP contribution is -2.39. The van der Waals surface area contributed by atoms with Gasteiger partial charge in [-0.3, -0.25) is 19.5 Å². The monoisotopic (exact) mass is 458 g/mol. The van der Waals surface area contributed by atoms with E-state index in [1.165, 1.54) is 11.8 Å². The van der Waals surface area contributed by atoms with Gasteiger partial charge in [-0.05, 0) is 30.2 Å². The average molecular weight is 459 g/mol. The van der Waals surface area contributed by atoms with Gasteiger partial charge in [0.25, 0.3) is 5.56 Å². The van der Waals surface area contributed by atoms with E-state index in [0.717, 1.165) is 12.0 Å². The van der Waals surface area contributed by atoms with Crippen molar-refractivity contribution in [3.63, 3.8) is 0 Å². The minimum absolute atomic E-state index is 0.110. The normalized spacial score (nSPS) is 10.8. The molecule has 162 valence electrons. The number of carbonyl (C=O) groups excluding carboxylic acids is 2. The molecule has 0 spiro atoms. The van der Waals surface area contributed by atoms with E-state index in [0.29, 0.717) is 39.9 Å². The maximum Gasteiger partial charge on any atom is 0.321 e. The Labute approximate surface area is 189 Å². The Hall–Kier alpha value is -2.84. The van der Waals surface area contributed by atoms with E-state index in [9.17, 15) is 14.4 Å². The fourth-order valence-corrected chi connectivity index (χ4v) is 4.08. The molecule has 0 unspecified atom stereocenters. The zero-order valence-corrected chi connectivity index (χ0v) is 18.6. The van der Waals surface area contributed by atoms with Crippen molar-refractivity contribution < 1.29 is 9.59 Å². The van der Waals surface area contributed by atoms with Gasteiger partial charge in [0.15, 0.2) is 5.16 Å². The summed E-state index contributed by atoms with van der Waals surface area (Å²) in [5.74, 6) is -0.0219. The summed E-state index contributed by atoms with van der Waals surface area (Å²) in [5, 5.41) is 6.51. The summed E-state index contributed by atoms with van der Waals surface area (Å²) < 4.78 is 1.62. The number of rotatable bonds is 8. The van der Waals surface area contributed by atoms with Crippen LogP contribution in [0.15, 0.2) is 58.5 Å². The number of amides is 3. The van der Waals surface area contributed by atoms with Gasteiger partial charge in [-0.25, -0.2) is 9.78 Å². The van der Waals surface area contributed by atoms with E-state index in [1.54, 1.807) is 22.8 Å². The first-order valence-corrected chi connectivity index (χ1v) is 11.3. The summed E-state index contributed by atoms with van der Waals surface area (Å²) in [4.78, 5) is 41.4. The predicted octanol–water partition coefficient (Wildman–Crippen LogP) is 3.97. The lowest BCUT2D eigenvalue weighted by atomic mass is 10.2. The number of thioether (sulfide) groups is 1. The van der Waals surface area contributed by atoms with Gasteiger partial charge in [0.05, 0.1) is 10.9 Å². The Bertz CT molecular complexity index is 1130. The smallest absolute Gasteiger partial charge is 0.321 e. The lowest BCUT2D eigenvalue weighted by molar-refractivity contribution is -0.119. The van der Waals surface area contributed by atoms with Crippen LogP contribution in [0.2, 0.25) is 5.02 Å². The van der Waals surface area contributed by atoms with Gasteiger partial charge in [-0.2, -0.15) is 0 Å². The molecule has 3 aromatic rings. The highest BCUT2D eigenvalue weighted by Gasteiger charge is 2.13. The molecule has 1 heterocycles. The molecular formula is C22H23ClN4O3S. The number of carbonyl (C=O) groups is 2. The minimum Gasteiger partial charge on any atom is -0.334 e. The SMILES string of the molecule is CCCn1c(SCCC(=O)NC(=O)NCc2ccccc2)nc2cc(Cl)ccc2c1=O. The van der Waals surface area contributed by atoms with Crippen molar-refractivity contribution in [2.75, 3.05) is 5.75 Å². The summed E-state index contributed by atoms with van der Waals surface area (Å²) in [6.07, 6.45) is 0.884. The Kier molecular flexibility index (Phi) is 8.08. The highest BCUT2D eigenvalue weighted by atomic mass is 35.5. The van der Waals surface area contributed by atoms with Crippen molar-refractivity contribution in [3.05, 3.63) is 69.5 Å². The molecule has 1 aromatic heterocycles. The van der Waals surface area contributed by atoms with Crippen LogP contribution in [0.5, 0.6) is 0 Å². The summed E-state index contributed by atoms with van der Waals surface area (Å²) >= 11 is 7.34. The number of halogens is 1. The molecular weight excluding hydrogens is 436 g/mol. The summed E-state index contributed by atoms with van der Waals surface area (Å²) in [5.41, 5.74) is 1.34. The topological polar surface area (TPSA) is 93.1 Å². The highest BCUT2D eigenvalue weighted by molar-refractivity contribution is 7.99. The zero-order chi connectivity index (χ0) is 22.2. The van der Waals surface area contributed by atoms with Crippen LogP contribution in [0, 0.1) is 0 Å². The summed E-state index contributed by atoms with van der Waals surface area (Å²) in [7, 11) is 0. The van der Waals surface area contributed by atoms with Gasteiger partial charge in [0.2, 0.25) is 5.91 Å². The molecule has 0 radical (unpaired) electrons. The molecule has 0 aliphatic rings. The third-order valence-electron chi connectivity index (χ3n) is 4.44. The van der Waals surface area contributed by atoms with Crippen molar-refractivity contribution in [3.8, 4) is 0 Å². The molecule has 0 aliphatic heterocycles. The van der Waals surface area contributed by atoms with Crippen LogP contribution < -0.4 is 16.2 Å². The van der Waals surface area contributed by atoms with Gasteiger partial charge in [0, 0.05) is 30.3 Å². The fraction of sp³-hybridized carbons (Fsp3) is 0.273. The van der Waals surface area contributed by atoms with Crippen LogP contribution in [-0.2, 0) is 17.9 Å². The molecule has 0 saturated carbocycles. The molecule has 31 heavy (non-hydrogen) atoms. The Balaban J connectivity index is 1.57. The Morgan fingerprint density at radius 3 is 2.68 bits per heavy atom. The van der Waals surface area contributed by atoms with Gasteiger partial charge >= 0.3 is 6.03 Å². The molecule has 3 amide bonds. The molecule has 9 heteroatoms. The van der Waals surface area contributed by atoms with E-state index >= 15 is 0 Å². The minimum atomic E-state index is -0.541. The first kappa shape index (κ1) is 22.8. The fourth-order valence-electron chi connectivity index (χ4n) is 2.95. The second-order valence-electron chi connectivity index (χ2n) is 6.83. The average Bonchev–Trinajstić information content (AvgIpc) is 2.75. The van der Waals surface area contributed by atoms with Crippen LogP contribution in [0.1, 0.15) is 25.3 Å². The first-order valence-electron chi connectivity index (χ1n) is 9.92. The molecule has 2 aromatic carbocycles. The lowest BCUT2D eigenvalue weighted by Gasteiger charge is -2.12. The van der Waals surface area contributed by atoms with Crippen LogP contribution in [0.4, 0.5) is 4.79 Å². The van der Waals surface area contributed by atoms with E-state index in [-0.39, 0.29) is 12.0 Å². The Morgan fingerprint density at radius 2 is 1.94 bits per heavy atom. The molecule has 0 aliphatic carbocycles. The number of fused-ring (bicyclic) bond motifs is 1. The number of nitrogens with zero attached hydrogens (tertiary/aromatic N) is 2. The standard InChI is InChI=1S/C22H23ClN4O3S/c1-2-11-27-20(29)17-9-8-16(23)13-18(17)25-22(27)31-12-10-19(28)26-21(30)24-14-15-6-4-3-5-7-15/h3-9,13H,2,10-12,14H2,1H3,(H2,24,26,28,30). The van der Waals surface area contributed by atoms with Crippen molar-refractivity contribution in [1.82, 2.24) is 20.2 Å². The molecule has 0 atom stereocenters. The van der Waals surface area contributed by atoms with Gasteiger partial charge < -0.3 is 5.32 Å². The van der Waals surface area contributed by atoms with Gasteiger partial charge in [-0.15, -0.1) is 0 Å². The number of nitrogens with one attached hydrogen (secondary N) is 2. The summed E-state index contributed by atoms with van der Waals surface area (Å²) in [6, 6.07) is 13.9. The maximum absolute atomic E-state index is 12.8. The van der Waals surface area contributed by atoms with Crippen LogP contribution in [0.3, 0.4) is 0 Å². The van der Waals surface area contributed by atoms with E-state index in [2.05, 4.69) is 15.6 Å². The summed E-state index contributed by atoms with van der Waals surface area (Å²) in [6.45, 7) is 2.84. The van der Waals surface area contributed by atoms with E-state index < -0.39 is 11.9 Å². The van der Waals surface area contributed by atoms with Crippen molar-refractivity contribution >= 4 is 46.2 Å². The molecule has 3 rings (SSSR count). The van der Waals surface area contributed by atoms with E-state index in [4.69, 9.17) is 11.6 Å². The predicted molar refractivity (Wildman–Crippen MR) is 123 cm³/mol. The highest BCUT2D eigenvalue weighted by Crippen LogP contribution is 2.21. The number of aromatic nitrogens is 2. The Morgan fingerprint density at radius 1 is 1.16 bits per heavy atom. The van der Waals surface area contributed by atoms with Gasteiger partial charge in [0.1, 0.15) is 0 Å². The number of imide groups is 1. The number of benzene rings is 2. The molecule has 2 N–H and O–H groups in total. The zero-order valence-electron chi connectivity index (χ0n) is 17.1. The van der Waals surface area contributed by atoms with E-state index in [1.807, 2.05) is 37.3 Å². The van der Waals surface area contributed by atoms with Crippen molar-refractivity contribution in [2.45, 2.75) is 38.0 Å². The third kappa shape index (κ3) is 6.32. The number of hydrogen-bond acceptors (Lipinski definition) is 5. The van der Waals surface area contributed by atoms with Crippen LogP contribution >= 0.6 is 23.4 Å². The second-order valence-corrected chi connectivity index (χ2v) is 8.33. The number of urea groups is 1. The van der Waals surface area contributed by atoms with Crippen molar-refractivity contribution in [2.24, 2.45) is 0 Å². The second kappa shape index (κ2) is 11.0. The molecule has 0 bridgehead atoms.